The molecule has 0 bridgehead atoms. The number of H-pyrrole nitrogens is 1. The van der Waals surface area contributed by atoms with E-state index in [4.69, 9.17) is 17.3 Å². The van der Waals surface area contributed by atoms with Crippen LogP contribution in [0.25, 0.3) is 0 Å². The van der Waals surface area contributed by atoms with E-state index in [0.29, 0.717) is 0 Å². The predicted octanol–water partition coefficient (Wildman–Crippen LogP) is 0.928. The fourth-order valence-electron chi connectivity index (χ4n) is 1.56. The number of aromatic amines is 1. The van der Waals surface area contributed by atoms with Gasteiger partial charge < -0.3 is 10.7 Å². The maximum Gasteiger partial charge on any atom is 0.263 e. The van der Waals surface area contributed by atoms with Crippen LogP contribution < -0.4 is 16.0 Å². The fourth-order valence-corrected chi connectivity index (χ4v) is 2.85. The molecule has 1 aromatic heterocycles. The van der Waals surface area contributed by atoms with E-state index in [9.17, 15) is 18.0 Å². The molecule has 4 N–H and O–H groups in total. The molecule has 7 nitrogen and oxygen atoms in total. The van der Waals surface area contributed by atoms with E-state index < -0.39 is 21.5 Å². The molecule has 1 aromatic carbocycles. The van der Waals surface area contributed by atoms with Crippen molar-refractivity contribution in [3.8, 4) is 0 Å². The molecule has 0 spiro atoms. The van der Waals surface area contributed by atoms with E-state index in [0.717, 1.165) is 12.3 Å². The van der Waals surface area contributed by atoms with Gasteiger partial charge in [-0.3, -0.25) is 14.3 Å². The van der Waals surface area contributed by atoms with Crippen LogP contribution in [-0.4, -0.2) is 19.3 Å². The fraction of sp³-hybridized carbons (Fsp3) is 0. The first kappa shape index (κ1) is 15.1. The summed E-state index contributed by atoms with van der Waals surface area (Å²) in [7, 11) is -3.87. The number of benzene rings is 1. The molecule has 9 heteroatoms. The second-order valence-corrected chi connectivity index (χ2v) is 6.14. The highest BCUT2D eigenvalue weighted by atomic mass is 35.5. The number of sulfonamides is 1. The summed E-state index contributed by atoms with van der Waals surface area (Å²) in [5, 5.41) is 0.0316. The van der Waals surface area contributed by atoms with E-state index in [1.54, 1.807) is 0 Å². The maximum atomic E-state index is 12.1. The third-order valence-electron chi connectivity index (χ3n) is 2.55. The SMILES string of the molecule is NC(=O)c1ccc(NS(=O)(=O)c2ccc(=O)[nH]c2)cc1Cl. The highest BCUT2D eigenvalue weighted by Gasteiger charge is 2.15. The molecule has 0 atom stereocenters. The minimum absolute atomic E-state index is 0.0316. The van der Waals surface area contributed by atoms with Gasteiger partial charge in [-0.15, -0.1) is 0 Å². The molecule has 2 rings (SSSR count). The Morgan fingerprint density at radius 1 is 1.24 bits per heavy atom. The lowest BCUT2D eigenvalue weighted by Crippen LogP contribution is -2.16. The number of hydrogen-bond donors (Lipinski definition) is 3. The molecule has 0 fully saturated rings. The number of halogens is 1. The topological polar surface area (TPSA) is 122 Å². The van der Waals surface area contributed by atoms with Gasteiger partial charge in [-0.1, -0.05) is 11.6 Å². The molecule has 1 heterocycles. The highest BCUT2D eigenvalue weighted by molar-refractivity contribution is 7.92. The van der Waals surface area contributed by atoms with Gasteiger partial charge in [0.25, 0.3) is 10.0 Å². The summed E-state index contributed by atoms with van der Waals surface area (Å²) in [6.07, 6.45) is 1.07. The summed E-state index contributed by atoms with van der Waals surface area (Å²) in [5.74, 6) is -0.713. The molecule has 21 heavy (non-hydrogen) atoms. The normalized spacial score (nSPS) is 11.1. The number of pyridine rings is 1. The number of nitrogens with two attached hydrogens (primary N) is 1. The summed E-state index contributed by atoms with van der Waals surface area (Å²) in [6, 6.07) is 6.20. The molecule has 0 saturated carbocycles. The molecule has 0 radical (unpaired) electrons. The van der Waals surface area contributed by atoms with Crippen LogP contribution >= 0.6 is 11.6 Å². The Labute approximate surface area is 124 Å². The lowest BCUT2D eigenvalue weighted by atomic mass is 10.2. The first-order valence-corrected chi connectivity index (χ1v) is 7.46. The summed E-state index contributed by atoms with van der Waals surface area (Å²) >= 11 is 5.84. The smallest absolute Gasteiger partial charge is 0.263 e. The van der Waals surface area contributed by atoms with Crippen LogP contribution in [0.4, 0.5) is 5.69 Å². The van der Waals surface area contributed by atoms with Crippen molar-refractivity contribution < 1.29 is 13.2 Å². The van der Waals surface area contributed by atoms with Crippen molar-refractivity contribution in [2.45, 2.75) is 4.90 Å². The van der Waals surface area contributed by atoms with Gasteiger partial charge in [-0.2, -0.15) is 0 Å². The number of anilines is 1. The number of carbonyl (C=O) groups is 1. The highest BCUT2D eigenvalue weighted by Crippen LogP contribution is 2.22. The second-order valence-electron chi connectivity index (χ2n) is 4.05. The Morgan fingerprint density at radius 3 is 2.48 bits per heavy atom. The molecule has 110 valence electrons. The molecule has 1 amide bonds. The van der Waals surface area contributed by atoms with Crippen LogP contribution in [0.1, 0.15) is 10.4 Å². The van der Waals surface area contributed by atoms with Crippen molar-refractivity contribution >= 4 is 33.2 Å². The van der Waals surface area contributed by atoms with Crippen molar-refractivity contribution in [2.24, 2.45) is 5.73 Å². The molecule has 0 unspecified atom stereocenters. The van der Waals surface area contributed by atoms with Crippen LogP contribution in [-0.2, 0) is 10.0 Å². The largest absolute Gasteiger partial charge is 0.366 e. The molecule has 2 aromatic rings. The Bertz CT molecular complexity index is 841. The lowest BCUT2D eigenvalue weighted by Gasteiger charge is -2.09. The Hall–Kier alpha value is -2.32. The minimum Gasteiger partial charge on any atom is -0.366 e. The maximum absolute atomic E-state index is 12.1. The average molecular weight is 328 g/mol. The standard InChI is InChI=1S/C12H10ClN3O4S/c13-10-5-7(1-3-9(10)12(14)18)16-21(19,20)8-2-4-11(17)15-6-8/h1-6,16H,(H2,14,18)(H,15,17). The lowest BCUT2D eigenvalue weighted by molar-refractivity contribution is 0.100. The number of carbonyl (C=O) groups excluding carboxylic acids is 1. The Kier molecular flexibility index (Phi) is 4.01. The van der Waals surface area contributed by atoms with E-state index >= 15 is 0 Å². The van der Waals surface area contributed by atoms with Gasteiger partial charge in [0.15, 0.2) is 0 Å². The van der Waals surface area contributed by atoms with Gasteiger partial charge in [0, 0.05) is 12.3 Å². The molecular weight excluding hydrogens is 318 g/mol. The third-order valence-corrected chi connectivity index (χ3v) is 4.24. The van der Waals surface area contributed by atoms with Crippen molar-refractivity contribution in [3.05, 3.63) is 57.5 Å². The zero-order valence-electron chi connectivity index (χ0n) is 10.5. The number of rotatable bonds is 4. The molecule has 0 aliphatic carbocycles. The summed E-state index contributed by atoms with van der Waals surface area (Å²) in [6.45, 7) is 0. The van der Waals surface area contributed by atoms with Gasteiger partial charge in [-0.05, 0) is 24.3 Å². The van der Waals surface area contributed by atoms with E-state index in [1.807, 2.05) is 0 Å². The Balaban J connectivity index is 2.33. The minimum atomic E-state index is -3.87. The zero-order valence-corrected chi connectivity index (χ0v) is 12.0. The molecule has 0 aliphatic rings. The number of nitrogens with one attached hydrogen (secondary N) is 2. The van der Waals surface area contributed by atoms with Crippen LogP contribution in [0.3, 0.4) is 0 Å². The summed E-state index contributed by atoms with van der Waals surface area (Å²) in [5.41, 5.74) is 4.94. The first-order valence-electron chi connectivity index (χ1n) is 5.60. The average Bonchev–Trinajstić information content (AvgIpc) is 2.38. The van der Waals surface area contributed by atoms with Crippen LogP contribution in [0.5, 0.6) is 0 Å². The molecule has 0 aliphatic heterocycles. The number of hydrogen-bond acceptors (Lipinski definition) is 4. The molecule has 0 saturated heterocycles. The monoisotopic (exact) mass is 327 g/mol. The first-order chi connectivity index (χ1) is 9.79. The van der Waals surface area contributed by atoms with Crippen LogP contribution in [0.15, 0.2) is 46.2 Å². The number of amides is 1. The Morgan fingerprint density at radius 2 is 1.95 bits per heavy atom. The van der Waals surface area contributed by atoms with Gasteiger partial charge in [0.2, 0.25) is 11.5 Å². The van der Waals surface area contributed by atoms with Crippen molar-refractivity contribution in [3.63, 3.8) is 0 Å². The molecular formula is C12H10ClN3O4S. The third kappa shape index (κ3) is 3.41. The van der Waals surface area contributed by atoms with E-state index in [-0.39, 0.29) is 21.2 Å². The summed E-state index contributed by atoms with van der Waals surface area (Å²) in [4.78, 5) is 24.1. The predicted molar refractivity (Wildman–Crippen MR) is 77.8 cm³/mol. The van der Waals surface area contributed by atoms with Crippen LogP contribution in [0.2, 0.25) is 5.02 Å². The van der Waals surface area contributed by atoms with Gasteiger partial charge >= 0.3 is 0 Å². The van der Waals surface area contributed by atoms with Crippen molar-refractivity contribution in [1.82, 2.24) is 4.98 Å². The van der Waals surface area contributed by atoms with Crippen LogP contribution in [0, 0.1) is 0 Å². The zero-order chi connectivity index (χ0) is 15.6. The van der Waals surface area contributed by atoms with Crippen molar-refractivity contribution in [1.29, 1.82) is 0 Å². The second kappa shape index (κ2) is 5.58. The van der Waals surface area contributed by atoms with Gasteiger partial charge in [-0.25, -0.2) is 8.42 Å². The quantitative estimate of drug-likeness (QED) is 0.773. The van der Waals surface area contributed by atoms with E-state index in [2.05, 4.69) is 9.71 Å². The number of aromatic nitrogens is 1. The number of primary amides is 1. The van der Waals surface area contributed by atoms with Gasteiger partial charge in [0.1, 0.15) is 4.90 Å². The van der Waals surface area contributed by atoms with Gasteiger partial charge in [0.05, 0.1) is 16.3 Å². The summed E-state index contributed by atoms with van der Waals surface area (Å²) < 4.78 is 26.4. The van der Waals surface area contributed by atoms with E-state index in [1.165, 1.54) is 24.3 Å². The van der Waals surface area contributed by atoms with Crippen molar-refractivity contribution in [2.75, 3.05) is 4.72 Å².